The van der Waals surface area contributed by atoms with Gasteiger partial charge in [0.2, 0.25) is 0 Å². The van der Waals surface area contributed by atoms with Crippen LogP contribution >= 0.6 is 15.9 Å². The summed E-state index contributed by atoms with van der Waals surface area (Å²) in [6.45, 7) is 2.20. The standard InChI is InChI=1S/C16H25BrN4/c1-4-5-13-14(17)16(18-2)20-15(19-13)10-8-11-6-7-12(9-10)21(11)3/h10-12H,4-9H2,1-3H3,(H,18,19,20). The number of nitrogens with one attached hydrogen (secondary N) is 1. The molecular weight excluding hydrogens is 328 g/mol. The van der Waals surface area contributed by atoms with Gasteiger partial charge < -0.3 is 10.2 Å². The third-order valence-corrected chi connectivity index (χ3v) is 5.96. The van der Waals surface area contributed by atoms with Crippen molar-refractivity contribution in [2.24, 2.45) is 0 Å². The first-order chi connectivity index (χ1) is 10.1. The summed E-state index contributed by atoms with van der Waals surface area (Å²) in [7, 11) is 4.22. The molecule has 4 nitrogen and oxygen atoms in total. The van der Waals surface area contributed by atoms with Crippen LogP contribution in [0, 0.1) is 0 Å². The van der Waals surface area contributed by atoms with Crippen molar-refractivity contribution >= 4 is 21.7 Å². The lowest BCUT2D eigenvalue weighted by Gasteiger charge is -2.35. The van der Waals surface area contributed by atoms with Crippen molar-refractivity contribution in [2.75, 3.05) is 19.4 Å². The highest BCUT2D eigenvalue weighted by molar-refractivity contribution is 9.10. The monoisotopic (exact) mass is 352 g/mol. The molecule has 0 saturated carbocycles. The van der Waals surface area contributed by atoms with Gasteiger partial charge in [-0.1, -0.05) is 13.3 Å². The summed E-state index contributed by atoms with van der Waals surface area (Å²) >= 11 is 3.65. The highest BCUT2D eigenvalue weighted by Gasteiger charge is 2.40. The molecule has 21 heavy (non-hydrogen) atoms. The number of hydrogen-bond donors (Lipinski definition) is 1. The van der Waals surface area contributed by atoms with Crippen LogP contribution in [0.3, 0.4) is 0 Å². The second kappa shape index (κ2) is 6.21. The Balaban J connectivity index is 1.90. The minimum atomic E-state index is 0.523. The number of halogens is 1. The lowest BCUT2D eigenvalue weighted by molar-refractivity contribution is 0.159. The Hall–Kier alpha value is -0.680. The van der Waals surface area contributed by atoms with Crippen LogP contribution in [0.1, 0.15) is 56.5 Å². The van der Waals surface area contributed by atoms with E-state index >= 15 is 0 Å². The molecule has 2 fully saturated rings. The number of aryl methyl sites for hydroxylation is 1. The minimum Gasteiger partial charge on any atom is -0.372 e. The van der Waals surface area contributed by atoms with Gasteiger partial charge in [0, 0.05) is 25.0 Å². The van der Waals surface area contributed by atoms with Gasteiger partial charge in [0.25, 0.3) is 0 Å². The zero-order valence-corrected chi connectivity index (χ0v) is 14.8. The fourth-order valence-electron chi connectivity index (χ4n) is 3.89. The first-order valence-corrected chi connectivity index (χ1v) is 8.89. The van der Waals surface area contributed by atoms with E-state index in [1.807, 2.05) is 7.05 Å². The number of aromatic nitrogens is 2. The van der Waals surface area contributed by atoms with E-state index in [1.165, 1.54) is 25.7 Å². The van der Waals surface area contributed by atoms with E-state index in [-0.39, 0.29) is 0 Å². The first kappa shape index (κ1) is 15.2. The maximum Gasteiger partial charge on any atom is 0.144 e. The minimum absolute atomic E-state index is 0.523. The molecule has 1 aromatic rings. The molecule has 0 radical (unpaired) electrons. The molecular formula is C16H25BrN4. The Labute approximate surface area is 135 Å². The quantitative estimate of drug-likeness (QED) is 0.899. The molecule has 2 saturated heterocycles. The third-order valence-electron chi connectivity index (χ3n) is 5.12. The van der Waals surface area contributed by atoms with Gasteiger partial charge in [-0.2, -0.15) is 0 Å². The topological polar surface area (TPSA) is 41.1 Å². The van der Waals surface area contributed by atoms with Crippen LogP contribution in [-0.2, 0) is 6.42 Å². The van der Waals surface area contributed by atoms with E-state index in [0.29, 0.717) is 5.92 Å². The smallest absolute Gasteiger partial charge is 0.144 e. The first-order valence-electron chi connectivity index (χ1n) is 8.10. The van der Waals surface area contributed by atoms with Crippen molar-refractivity contribution < 1.29 is 0 Å². The summed E-state index contributed by atoms with van der Waals surface area (Å²) in [6.07, 6.45) is 7.22. The van der Waals surface area contributed by atoms with Crippen molar-refractivity contribution in [1.29, 1.82) is 0 Å². The van der Waals surface area contributed by atoms with Crippen LogP contribution in [0.5, 0.6) is 0 Å². The molecule has 1 aromatic heterocycles. The summed E-state index contributed by atoms with van der Waals surface area (Å²) in [5, 5.41) is 3.21. The zero-order valence-electron chi connectivity index (χ0n) is 13.2. The van der Waals surface area contributed by atoms with Crippen LogP contribution in [0.25, 0.3) is 0 Å². The van der Waals surface area contributed by atoms with Crippen LogP contribution in [0.15, 0.2) is 4.47 Å². The van der Waals surface area contributed by atoms with Gasteiger partial charge >= 0.3 is 0 Å². The summed E-state index contributed by atoms with van der Waals surface area (Å²) in [6, 6.07) is 1.46. The van der Waals surface area contributed by atoms with Gasteiger partial charge in [-0.15, -0.1) is 0 Å². The second-order valence-electron chi connectivity index (χ2n) is 6.41. The van der Waals surface area contributed by atoms with Gasteiger partial charge in [-0.25, -0.2) is 9.97 Å². The van der Waals surface area contributed by atoms with Crippen molar-refractivity contribution in [3.05, 3.63) is 16.0 Å². The van der Waals surface area contributed by atoms with Crippen molar-refractivity contribution in [1.82, 2.24) is 14.9 Å². The largest absolute Gasteiger partial charge is 0.372 e. The Bertz CT molecular complexity index is 505. The molecule has 0 aromatic carbocycles. The second-order valence-corrected chi connectivity index (χ2v) is 7.20. The lowest BCUT2D eigenvalue weighted by atomic mass is 9.90. The van der Waals surface area contributed by atoms with Crippen LogP contribution in [0.4, 0.5) is 5.82 Å². The van der Waals surface area contributed by atoms with Gasteiger partial charge in [0.15, 0.2) is 0 Å². The van der Waals surface area contributed by atoms with Crippen molar-refractivity contribution in [2.45, 2.75) is 63.5 Å². The molecule has 116 valence electrons. The summed E-state index contributed by atoms with van der Waals surface area (Å²) in [5.74, 6) is 2.51. The number of hydrogen-bond acceptors (Lipinski definition) is 4. The predicted octanol–water partition coefficient (Wildman–Crippen LogP) is 3.57. The van der Waals surface area contributed by atoms with E-state index in [0.717, 1.165) is 46.7 Å². The molecule has 2 bridgehead atoms. The number of rotatable bonds is 4. The predicted molar refractivity (Wildman–Crippen MR) is 89.8 cm³/mol. The maximum absolute atomic E-state index is 4.90. The SMILES string of the molecule is CCCc1nc(C2CC3CCC(C2)N3C)nc(NC)c1Br. The molecule has 1 N–H and O–H groups in total. The van der Waals surface area contributed by atoms with E-state index in [2.05, 4.69) is 40.1 Å². The molecule has 2 unspecified atom stereocenters. The Morgan fingerprint density at radius 2 is 1.90 bits per heavy atom. The van der Waals surface area contributed by atoms with E-state index < -0.39 is 0 Å². The van der Waals surface area contributed by atoms with E-state index in [9.17, 15) is 0 Å². The molecule has 2 atom stereocenters. The van der Waals surface area contributed by atoms with Crippen LogP contribution in [-0.4, -0.2) is 41.0 Å². The molecule has 2 aliphatic rings. The summed E-state index contributed by atoms with van der Waals surface area (Å²) in [4.78, 5) is 12.3. The van der Waals surface area contributed by atoms with E-state index in [4.69, 9.17) is 9.97 Å². The molecule has 0 aliphatic carbocycles. The normalized spacial score (nSPS) is 28.9. The number of fused-ring (bicyclic) bond motifs is 2. The van der Waals surface area contributed by atoms with Crippen LogP contribution in [0.2, 0.25) is 0 Å². The van der Waals surface area contributed by atoms with Gasteiger partial charge in [0.05, 0.1) is 10.2 Å². The third kappa shape index (κ3) is 2.82. The molecule has 0 amide bonds. The Morgan fingerprint density at radius 1 is 1.24 bits per heavy atom. The van der Waals surface area contributed by atoms with Crippen LogP contribution < -0.4 is 5.32 Å². The molecule has 2 aliphatic heterocycles. The van der Waals surface area contributed by atoms with E-state index in [1.54, 1.807) is 0 Å². The summed E-state index contributed by atoms with van der Waals surface area (Å²) < 4.78 is 1.03. The summed E-state index contributed by atoms with van der Waals surface area (Å²) in [5.41, 5.74) is 1.15. The van der Waals surface area contributed by atoms with Gasteiger partial charge in [-0.05, 0) is 55.1 Å². The molecule has 3 rings (SSSR count). The number of anilines is 1. The highest BCUT2D eigenvalue weighted by Crippen LogP contribution is 2.41. The fourth-order valence-corrected chi connectivity index (χ4v) is 4.46. The van der Waals surface area contributed by atoms with Crippen molar-refractivity contribution in [3.8, 4) is 0 Å². The molecule has 0 spiro atoms. The fraction of sp³-hybridized carbons (Fsp3) is 0.750. The van der Waals surface area contributed by atoms with Crippen molar-refractivity contribution in [3.63, 3.8) is 0 Å². The lowest BCUT2D eigenvalue weighted by Crippen LogP contribution is -2.39. The molecule has 3 heterocycles. The number of nitrogens with zero attached hydrogens (tertiary/aromatic N) is 3. The molecule has 5 heteroatoms. The van der Waals surface area contributed by atoms with Gasteiger partial charge in [-0.3, -0.25) is 0 Å². The number of piperidine rings is 1. The average Bonchev–Trinajstić information content (AvgIpc) is 2.71. The Kier molecular flexibility index (Phi) is 4.50. The Morgan fingerprint density at radius 3 is 2.48 bits per heavy atom. The zero-order chi connectivity index (χ0) is 15.0. The average molecular weight is 353 g/mol. The van der Waals surface area contributed by atoms with Gasteiger partial charge in [0.1, 0.15) is 11.6 Å². The maximum atomic E-state index is 4.90. The highest BCUT2D eigenvalue weighted by atomic mass is 79.9.